The predicted molar refractivity (Wildman–Crippen MR) is 114 cm³/mol. The van der Waals surface area contributed by atoms with Crippen molar-refractivity contribution in [2.24, 2.45) is 0 Å². The van der Waals surface area contributed by atoms with Gasteiger partial charge in [0.25, 0.3) is 11.3 Å². The topological polar surface area (TPSA) is 102 Å². The molecule has 0 atom stereocenters. The molecule has 1 N–H and O–H groups in total. The van der Waals surface area contributed by atoms with E-state index < -0.39 is 0 Å². The van der Waals surface area contributed by atoms with E-state index in [1.165, 1.54) is 10.9 Å². The summed E-state index contributed by atoms with van der Waals surface area (Å²) < 4.78 is 11.7. The Labute approximate surface area is 183 Å². The molecule has 0 saturated carbocycles. The Hall–Kier alpha value is -2.46. The van der Waals surface area contributed by atoms with Crippen molar-refractivity contribution in [3.63, 3.8) is 0 Å². The SMILES string of the molecule is Cl.O=C(Cn1cnc2onc(-c3ccc(Cl)cc3)c2c1=O)NCCN1CCOCC1. The van der Waals surface area contributed by atoms with Crippen molar-refractivity contribution in [2.75, 3.05) is 39.4 Å². The molecule has 0 bridgehead atoms. The molecule has 0 unspecified atom stereocenters. The molecule has 4 rings (SSSR count). The van der Waals surface area contributed by atoms with Gasteiger partial charge < -0.3 is 14.6 Å². The van der Waals surface area contributed by atoms with Gasteiger partial charge in [-0.25, -0.2) is 4.98 Å². The normalized spacial score (nSPS) is 14.4. The number of carbonyl (C=O) groups excluding carboxylic acids is 1. The van der Waals surface area contributed by atoms with Crippen molar-refractivity contribution in [1.29, 1.82) is 0 Å². The maximum Gasteiger partial charge on any atom is 0.267 e. The summed E-state index contributed by atoms with van der Waals surface area (Å²) in [5, 5.41) is 7.61. The largest absolute Gasteiger partial charge is 0.379 e. The van der Waals surface area contributed by atoms with Gasteiger partial charge in [-0.15, -0.1) is 12.4 Å². The summed E-state index contributed by atoms with van der Waals surface area (Å²) in [5.41, 5.74) is 0.796. The average Bonchev–Trinajstić information content (AvgIpc) is 3.16. The molecule has 1 amide bonds. The molecule has 0 radical (unpaired) electrons. The predicted octanol–water partition coefficient (Wildman–Crippen LogP) is 1.58. The highest BCUT2D eigenvalue weighted by Gasteiger charge is 2.18. The molecule has 0 spiro atoms. The molecular weight excluding hydrogens is 433 g/mol. The summed E-state index contributed by atoms with van der Waals surface area (Å²) >= 11 is 5.92. The zero-order chi connectivity index (χ0) is 20.2. The smallest absolute Gasteiger partial charge is 0.267 e. The molecule has 9 nitrogen and oxygen atoms in total. The fraction of sp³-hybridized carbons (Fsp3) is 0.368. The third kappa shape index (κ3) is 4.99. The zero-order valence-electron chi connectivity index (χ0n) is 16.0. The van der Waals surface area contributed by atoms with Gasteiger partial charge in [-0.1, -0.05) is 28.9 Å². The van der Waals surface area contributed by atoms with Crippen LogP contribution >= 0.6 is 24.0 Å². The summed E-state index contributed by atoms with van der Waals surface area (Å²) in [6.45, 7) is 4.26. The van der Waals surface area contributed by atoms with Crippen molar-refractivity contribution in [3.05, 3.63) is 46.0 Å². The van der Waals surface area contributed by atoms with Crippen molar-refractivity contribution in [3.8, 4) is 11.3 Å². The van der Waals surface area contributed by atoms with Gasteiger partial charge >= 0.3 is 0 Å². The van der Waals surface area contributed by atoms with Crippen molar-refractivity contribution in [2.45, 2.75) is 6.54 Å². The number of aromatic nitrogens is 3. The van der Waals surface area contributed by atoms with E-state index in [4.69, 9.17) is 20.9 Å². The second kappa shape index (κ2) is 10.0. The highest BCUT2D eigenvalue weighted by molar-refractivity contribution is 6.30. The number of nitrogens with one attached hydrogen (secondary N) is 1. The molecule has 11 heteroatoms. The fourth-order valence-corrected chi connectivity index (χ4v) is 3.31. The highest BCUT2D eigenvalue weighted by Crippen LogP contribution is 2.25. The van der Waals surface area contributed by atoms with Crippen LogP contribution in [0.4, 0.5) is 0 Å². The maximum absolute atomic E-state index is 12.9. The Kier molecular flexibility index (Phi) is 7.43. The van der Waals surface area contributed by atoms with Crippen LogP contribution < -0.4 is 10.9 Å². The van der Waals surface area contributed by atoms with Gasteiger partial charge in [0.15, 0.2) is 0 Å². The average molecular weight is 454 g/mol. The van der Waals surface area contributed by atoms with Crippen LogP contribution in [0.1, 0.15) is 0 Å². The third-order valence-corrected chi connectivity index (χ3v) is 5.00. The number of benzene rings is 1. The first-order chi connectivity index (χ1) is 14.1. The van der Waals surface area contributed by atoms with Crippen LogP contribution in [0.25, 0.3) is 22.4 Å². The summed E-state index contributed by atoms with van der Waals surface area (Å²) in [5.74, 6) is -0.258. The number of rotatable bonds is 6. The minimum Gasteiger partial charge on any atom is -0.379 e. The third-order valence-electron chi connectivity index (χ3n) is 4.75. The Morgan fingerprint density at radius 3 is 2.67 bits per heavy atom. The number of hydrogen-bond acceptors (Lipinski definition) is 7. The molecule has 1 aromatic carbocycles. The minimum absolute atomic E-state index is 0. The highest BCUT2D eigenvalue weighted by atomic mass is 35.5. The number of amides is 1. The lowest BCUT2D eigenvalue weighted by Gasteiger charge is -2.26. The lowest BCUT2D eigenvalue weighted by atomic mass is 10.1. The summed E-state index contributed by atoms with van der Waals surface area (Å²) in [6.07, 6.45) is 1.29. The quantitative estimate of drug-likeness (QED) is 0.603. The van der Waals surface area contributed by atoms with Gasteiger partial charge in [-0.2, -0.15) is 0 Å². The maximum atomic E-state index is 12.9. The van der Waals surface area contributed by atoms with Gasteiger partial charge in [0.05, 0.1) is 13.2 Å². The zero-order valence-corrected chi connectivity index (χ0v) is 17.6. The number of hydrogen-bond donors (Lipinski definition) is 1. The molecule has 1 fully saturated rings. The second-order valence-electron chi connectivity index (χ2n) is 6.70. The van der Waals surface area contributed by atoms with Gasteiger partial charge in [0, 0.05) is 36.8 Å². The van der Waals surface area contributed by atoms with Crippen molar-refractivity contribution >= 4 is 41.0 Å². The summed E-state index contributed by atoms with van der Waals surface area (Å²) in [7, 11) is 0. The number of halogens is 2. The van der Waals surface area contributed by atoms with E-state index >= 15 is 0 Å². The molecule has 160 valence electrons. The fourth-order valence-electron chi connectivity index (χ4n) is 3.19. The first-order valence-corrected chi connectivity index (χ1v) is 9.67. The number of carbonyl (C=O) groups is 1. The molecule has 1 aliphatic heterocycles. The van der Waals surface area contributed by atoms with E-state index in [0.717, 1.165) is 19.6 Å². The molecule has 3 aromatic rings. The van der Waals surface area contributed by atoms with Crippen LogP contribution in [0.3, 0.4) is 0 Å². The van der Waals surface area contributed by atoms with E-state index in [1.807, 2.05) is 0 Å². The summed E-state index contributed by atoms with van der Waals surface area (Å²) in [4.78, 5) is 31.5. The Morgan fingerprint density at radius 1 is 1.20 bits per heavy atom. The number of fused-ring (bicyclic) bond motifs is 1. The van der Waals surface area contributed by atoms with E-state index in [1.54, 1.807) is 24.3 Å². The Morgan fingerprint density at radius 2 is 1.93 bits per heavy atom. The Balaban J connectivity index is 0.00000256. The monoisotopic (exact) mass is 453 g/mol. The van der Waals surface area contributed by atoms with E-state index in [9.17, 15) is 9.59 Å². The van der Waals surface area contributed by atoms with E-state index in [2.05, 4.69) is 20.4 Å². The number of morpholine rings is 1. The Bertz CT molecular complexity index is 1060. The van der Waals surface area contributed by atoms with Gasteiger partial charge in [-0.05, 0) is 12.1 Å². The first-order valence-electron chi connectivity index (χ1n) is 9.29. The first kappa shape index (κ1) is 22.2. The molecular formula is C19H21Cl2N5O4. The van der Waals surface area contributed by atoms with E-state index in [0.29, 0.717) is 36.0 Å². The van der Waals surface area contributed by atoms with E-state index in [-0.39, 0.29) is 41.5 Å². The molecule has 0 aliphatic carbocycles. The van der Waals surface area contributed by atoms with Gasteiger partial charge in [0.2, 0.25) is 5.91 Å². The molecule has 30 heavy (non-hydrogen) atoms. The van der Waals surface area contributed by atoms with Crippen LogP contribution in [-0.4, -0.2) is 64.9 Å². The van der Waals surface area contributed by atoms with Crippen LogP contribution in [-0.2, 0) is 16.1 Å². The lowest BCUT2D eigenvalue weighted by molar-refractivity contribution is -0.121. The second-order valence-corrected chi connectivity index (χ2v) is 7.14. The molecule has 3 heterocycles. The molecule has 1 saturated heterocycles. The molecule has 2 aromatic heterocycles. The van der Waals surface area contributed by atoms with Crippen LogP contribution in [0.2, 0.25) is 5.02 Å². The minimum atomic E-state index is -0.385. The van der Waals surface area contributed by atoms with Crippen molar-refractivity contribution in [1.82, 2.24) is 24.9 Å². The van der Waals surface area contributed by atoms with Gasteiger partial charge in [-0.3, -0.25) is 19.1 Å². The van der Waals surface area contributed by atoms with Crippen LogP contribution in [0.5, 0.6) is 0 Å². The molecule has 1 aliphatic rings. The van der Waals surface area contributed by atoms with Crippen LogP contribution in [0, 0.1) is 0 Å². The van der Waals surface area contributed by atoms with Crippen LogP contribution in [0.15, 0.2) is 39.9 Å². The van der Waals surface area contributed by atoms with Crippen molar-refractivity contribution < 1.29 is 14.1 Å². The summed E-state index contributed by atoms with van der Waals surface area (Å²) in [6, 6.07) is 6.89. The standard InChI is InChI=1S/C19H20ClN5O4.ClH/c20-14-3-1-13(2-4-14)17-16-18(29-23-17)22-12-25(19(16)27)11-15(26)21-5-6-24-7-9-28-10-8-24;/h1-4,12H,5-11H2,(H,21,26);1H. The number of ether oxygens (including phenoxy) is 1. The van der Waals surface area contributed by atoms with Gasteiger partial charge in [0.1, 0.15) is 24.0 Å². The lowest BCUT2D eigenvalue weighted by Crippen LogP contribution is -2.42. The number of nitrogens with zero attached hydrogens (tertiary/aromatic N) is 4.